The third-order valence-electron chi connectivity index (χ3n) is 2.90. The van der Waals surface area contributed by atoms with Gasteiger partial charge in [0, 0.05) is 5.41 Å². The van der Waals surface area contributed by atoms with Gasteiger partial charge in [0.25, 0.3) is 0 Å². The minimum Gasteiger partial charge on any atom is -0.396 e. The van der Waals surface area contributed by atoms with E-state index in [1.54, 1.807) is 0 Å². The van der Waals surface area contributed by atoms with E-state index in [2.05, 4.69) is 19.9 Å². The van der Waals surface area contributed by atoms with Crippen molar-refractivity contribution in [3.8, 4) is 0 Å². The van der Waals surface area contributed by atoms with Crippen LogP contribution in [0, 0.1) is 11.3 Å². The zero-order valence-electron chi connectivity index (χ0n) is 7.88. The highest BCUT2D eigenvalue weighted by molar-refractivity contribution is 5.09. The molecular weight excluding hydrogens is 152 g/mol. The lowest BCUT2D eigenvalue weighted by Crippen LogP contribution is -2.45. The van der Waals surface area contributed by atoms with E-state index in [0.717, 1.165) is 12.8 Å². The zero-order chi connectivity index (χ0) is 9.19. The molecule has 0 bridgehead atoms. The highest BCUT2D eigenvalue weighted by Crippen LogP contribution is 2.47. The Morgan fingerprint density at radius 1 is 1.42 bits per heavy atom. The summed E-state index contributed by atoms with van der Waals surface area (Å²) in [5, 5.41) is 18.3. The summed E-state index contributed by atoms with van der Waals surface area (Å²) in [6.07, 6.45) is 4.22. The van der Waals surface area contributed by atoms with E-state index in [1.165, 1.54) is 5.57 Å². The highest BCUT2D eigenvalue weighted by atomic mass is 16.3. The van der Waals surface area contributed by atoms with E-state index in [4.69, 9.17) is 10.2 Å². The van der Waals surface area contributed by atoms with Crippen LogP contribution in [-0.2, 0) is 0 Å². The summed E-state index contributed by atoms with van der Waals surface area (Å²) in [5.41, 5.74) is 1.06. The van der Waals surface area contributed by atoms with E-state index >= 15 is 0 Å². The van der Waals surface area contributed by atoms with E-state index in [0.29, 0.717) is 5.92 Å². The van der Waals surface area contributed by atoms with Crippen LogP contribution in [0.1, 0.15) is 26.7 Å². The Kier molecular flexibility index (Phi) is 2.91. The van der Waals surface area contributed by atoms with Gasteiger partial charge in [-0.25, -0.2) is 0 Å². The minimum absolute atomic E-state index is 0.109. The van der Waals surface area contributed by atoms with Crippen molar-refractivity contribution in [1.82, 2.24) is 0 Å². The fourth-order valence-corrected chi connectivity index (χ4v) is 1.82. The van der Waals surface area contributed by atoms with Gasteiger partial charge in [0.15, 0.2) is 0 Å². The number of aliphatic hydroxyl groups excluding tert-OH is 2. The molecule has 0 saturated heterocycles. The van der Waals surface area contributed by atoms with Crippen molar-refractivity contribution in [2.75, 3.05) is 13.2 Å². The van der Waals surface area contributed by atoms with Crippen LogP contribution in [0.4, 0.5) is 0 Å². The molecule has 1 saturated carbocycles. The molecule has 0 radical (unpaired) electrons. The summed E-state index contributed by atoms with van der Waals surface area (Å²) in [6, 6.07) is 0. The fourth-order valence-electron chi connectivity index (χ4n) is 1.82. The summed E-state index contributed by atoms with van der Waals surface area (Å²) in [5.74, 6) is 0.387. The summed E-state index contributed by atoms with van der Waals surface area (Å²) >= 11 is 0. The van der Waals surface area contributed by atoms with Crippen molar-refractivity contribution in [1.29, 1.82) is 0 Å². The molecule has 0 spiro atoms. The highest BCUT2D eigenvalue weighted by Gasteiger charge is 2.44. The fraction of sp³-hybridized carbons (Fsp3) is 0.800. The Bertz CT molecular complexity index is 171. The molecular formula is C10H18O2. The van der Waals surface area contributed by atoms with Crippen molar-refractivity contribution >= 4 is 0 Å². The van der Waals surface area contributed by atoms with Crippen LogP contribution in [0.3, 0.4) is 0 Å². The molecule has 70 valence electrons. The van der Waals surface area contributed by atoms with Crippen LogP contribution >= 0.6 is 0 Å². The first kappa shape index (κ1) is 9.75. The molecule has 0 aromatic heterocycles. The molecule has 12 heavy (non-hydrogen) atoms. The van der Waals surface area contributed by atoms with Crippen molar-refractivity contribution in [3.05, 3.63) is 11.6 Å². The van der Waals surface area contributed by atoms with Gasteiger partial charge >= 0.3 is 0 Å². The average Bonchev–Trinajstić information content (AvgIpc) is 2.01. The standard InChI is InChI=1S/C10H18O2/c1-8(2)5-9-3-4-10(9,6-11)7-12/h5,9,11-12H,3-4,6-7H2,1-2H3. The second kappa shape index (κ2) is 3.58. The molecule has 0 aliphatic heterocycles. The monoisotopic (exact) mass is 170 g/mol. The quantitative estimate of drug-likeness (QED) is 0.627. The smallest absolute Gasteiger partial charge is 0.0515 e. The Balaban J connectivity index is 2.63. The lowest BCUT2D eigenvalue weighted by Gasteiger charge is -2.46. The average molecular weight is 170 g/mol. The van der Waals surface area contributed by atoms with Crippen LogP contribution in [-0.4, -0.2) is 23.4 Å². The van der Waals surface area contributed by atoms with E-state index in [1.807, 2.05) is 0 Å². The lowest BCUT2D eigenvalue weighted by atomic mass is 9.60. The second-order valence-corrected chi connectivity index (χ2v) is 4.07. The molecule has 2 nitrogen and oxygen atoms in total. The van der Waals surface area contributed by atoms with Crippen molar-refractivity contribution in [2.24, 2.45) is 11.3 Å². The maximum Gasteiger partial charge on any atom is 0.0515 e. The lowest BCUT2D eigenvalue weighted by molar-refractivity contribution is -0.0473. The molecule has 1 unspecified atom stereocenters. The van der Waals surface area contributed by atoms with Gasteiger partial charge in [0.05, 0.1) is 13.2 Å². The molecule has 1 fully saturated rings. The summed E-state index contributed by atoms with van der Waals surface area (Å²) in [6.45, 7) is 4.32. The summed E-state index contributed by atoms with van der Waals surface area (Å²) in [7, 11) is 0. The molecule has 0 aromatic carbocycles. The Morgan fingerprint density at radius 2 is 2.00 bits per heavy atom. The zero-order valence-corrected chi connectivity index (χ0v) is 7.88. The number of rotatable bonds is 3. The molecule has 1 aliphatic rings. The van der Waals surface area contributed by atoms with Gasteiger partial charge in [-0.2, -0.15) is 0 Å². The van der Waals surface area contributed by atoms with Gasteiger partial charge in [0.2, 0.25) is 0 Å². The third-order valence-corrected chi connectivity index (χ3v) is 2.90. The predicted octanol–water partition coefficient (Wildman–Crippen LogP) is 1.33. The van der Waals surface area contributed by atoms with E-state index < -0.39 is 0 Å². The third kappa shape index (κ3) is 1.54. The first-order valence-corrected chi connectivity index (χ1v) is 4.51. The van der Waals surface area contributed by atoms with Gasteiger partial charge in [0.1, 0.15) is 0 Å². The maximum absolute atomic E-state index is 9.13. The van der Waals surface area contributed by atoms with Gasteiger partial charge < -0.3 is 10.2 Å². The molecule has 1 atom stereocenters. The molecule has 0 heterocycles. The van der Waals surface area contributed by atoms with E-state index in [-0.39, 0.29) is 18.6 Å². The topological polar surface area (TPSA) is 40.5 Å². The first-order chi connectivity index (χ1) is 5.64. The predicted molar refractivity (Wildman–Crippen MR) is 48.8 cm³/mol. The van der Waals surface area contributed by atoms with Crippen LogP contribution in [0.2, 0.25) is 0 Å². The van der Waals surface area contributed by atoms with Crippen LogP contribution in [0.25, 0.3) is 0 Å². The number of hydrogen-bond acceptors (Lipinski definition) is 2. The van der Waals surface area contributed by atoms with Crippen molar-refractivity contribution < 1.29 is 10.2 Å². The molecule has 2 N–H and O–H groups in total. The van der Waals surface area contributed by atoms with E-state index in [9.17, 15) is 0 Å². The van der Waals surface area contributed by atoms with Crippen LogP contribution in [0.15, 0.2) is 11.6 Å². The summed E-state index contributed by atoms with van der Waals surface area (Å²) < 4.78 is 0. The van der Waals surface area contributed by atoms with Gasteiger partial charge in [-0.15, -0.1) is 0 Å². The number of allylic oxidation sites excluding steroid dienone is 2. The first-order valence-electron chi connectivity index (χ1n) is 4.51. The van der Waals surface area contributed by atoms with Crippen molar-refractivity contribution in [3.63, 3.8) is 0 Å². The molecule has 0 amide bonds. The minimum atomic E-state index is -0.211. The molecule has 1 rings (SSSR count). The van der Waals surface area contributed by atoms with Crippen molar-refractivity contribution in [2.45, 2.75) is 26.7 Å². The number of hydrogen-bond donors (Lipinski definition) is 2. The summed E-state index contributed by atoms with van der Waals surface area (Å²) in [4.78, 5) is 0. The molecule has 0 aromatic rings. The maximum atomic E-state index is 9.13. The van der Waals surface area contributed by atoms with Crippen LogP contribution in [0.5, 0.6) is 0 Å². The normalized spacial score (nSPS) is 26.2. The van der Waals surface area contributed by atoms with Gasteiger partial charge in [-0.05, 0) is 32.6 Å². The van der Waals surface area contributed by atoms with Crippen LogP contribution < -0.4 is 0 Å². The van der Waals surface area contributed by atoms with Gasteiger partial charge in [-0.3, -0.25) is 0 Å². The second-order valence-electron chi connectivity index (χ2n) is 4.07. The number of aliphatic hydroxyl groups is 2. The largest absolute Gasteiger partial charge is 0.396 e. The molecule has 2 heteroatoms. The Labute approximate surface area is 73.9 Å². The Morgan fingerprint density at radius 3 is 2.25 bits per heavy atom. The Hall–Kier alpha value is -0.340. The molecule has 1 aliphatic carbocycles. The van der Waals surface area contributed by atoms with Gasteiger partial charge in [-0.1, -0.05) is 11.6 Å². The SMILES string of the molecule is CC(C)=CC1CCC1(CO)CO.